The lowest BCUT2D eigenvalue weighted by Gasteiger charge is -2.27. The highest BCUT2D eigenvalue weighted by Crippen LogP contribution is 2.18. The Morgan fingerprint density at radius 2 is 2.15 bits per heavy atom. The van der Waals surface area contributed by atoms with Crippen LogP contribution in [0.4, 0.5) is 8.78 Å². The summed E-state index contributed by atoms with van der Waals surface area (Å²) in [6.07, 6.45) is 0. The van der Waals surface area contributed by atoms with Crippen LogP contribution in [0.2, 0.25) is 0 Å². The molecule has 0 saturated carbocycles. The van der Waals surface area contributed by atoms with Crippen LogP contribution in [0.3, 0.4) is 0 Å². The number of amides is 1. The maximum Gasteiger partial charge on any atom is 0.227 e. The number of halogens is 2. The minimum Gasteiger partial charge on any atom is -0.378 e. The third-order valence-electron chi connectivity index (χ3n) is 3.74. The van der Waals surface area contributed by atoms with Gasteiger partial charge in [0, 0.05) is 25.2 Å². The van der Waals surface area contributed by atoms with E-state index in [0.29, 0.717) is 38.4 Å². The summed E-state index contributed by atoms with van der Waals surface area (Å²) in [5.74, 6) is -1.92. The number of nitrogens with one attached hydrogen (secondary N) is 1. The van der Waals surface area contributed by atoms with E-state index >= 15 is 0 Å². The van der Waals surface area contributed by atoms with Crippen molar-refractivity contribution in [1.29, 1.82) is 0 Å². The monoisotopic (exact) mass is 282 g/mol. The molecule has 4 nitrogen and oxygen atoms in total. The Labute approximate surface area is 115 Å². The quantitative estimate of drug-likeness (QED) is 0.877. The van der Waals surface area contributed by atoms with Gasteiger partial charge in [-0.05, 0) is 6.07 Å². The number of benzene rings is 1. The highest BCUT2D eigenvalue weighted by molar-refractivity contribution is 5.79. The van der Waals surface area contributed by atoms with Crippen molar-refractivity contribution in [2.24, 2.45) is 5.92 Å². The van der Waals surface area contributed by atoms with Gasteiger partial charge in [-0.2, -0.15) is 0 Å². The summed E-state index contributed by atoms with van der Waals surface area (Å²) in [5, 5.41) is 2.91. The predicted octanol–water partition coefficient (Wildman–Crippen LogP) is 0.912. The summed E-state index contributed by atoms with van der Waals surface area (Å²) >= 11 is 0. The largest absolute Gasteiger partial charge is 0.378 e. The lowest BCUT2D eigenvalue weighted by Crippen LogP contribution is -2.41. The van der Waals surface area contributed by atoms with Crippen LogP contribution in [0, 0.1) is 17.6 Å². The molecule has 2 heterocycles. The molecule has 20 heavy (non-hydrogen) atoms. The van der Waals surface area contributed by atoms with Crippen LogP contribution < -0.4 is 5.32 Å². The topological polar surface area (TPSA) is 41.6 Å². The molecule has 2 saturated heterocycles. The fraction of sp³-hybridized carbons (Fsp3) is 0.500. The van der Waals surface area contributed by atoms with Gasteiger partial charge in [0.25, 0.3) is 0 Å². The minimum atomic E-state index is -0.838. The SMILES string of the molecule is O=C1N[C@@H]2COC[C@H]1CN(Cc1cccc(F)c1F)C2. The van der Waals surface area contributed by atoms with Gasteiger partial charge in [-0.25, -0.2) is 8.78 Å². The summed E-state index contributed by atoms with van der Waals surface area (Å²) in [6, 6.07) is 4.09. The van der Waals surface area contributed by atoms with Gasteiger partial charge in [0.1, 0.15) is 0 Å². The molecule has 2 aliphatic heterocycles. The molecule has 2 fully saturated rings. The Morgan fingerprint density at radius 1 is 1.30 bits per heavy atom. The number of hydrogen-bond acceptors (Lipinski definition) is 3. The molecule has 108 valence electrons. The van der Waals surface area contributed by atoms with Crippen LogP contribution in [-0.4, -0.2) is 43.2 Å². The molecule has 2 atom stereocenters. The molecule has 2 bridgehead atoms. The van der Waals surface area contributed by atoms with Crippen LogP contribution >= 0.6 is 0 Å². The van der Waals surface area contributed by atoms with E-state index in [0.717, 1.165) is 6.07 Å². The number of carbonyl (C=O) groups is 1. The van der Waals surface area contributed by atoms with Gasteiger partial charge in [0.15, 0.2) is 11.6 Å². The van der Waals surface area contributed by atoms with Crippen molar-refractivity contribution < 1.29 is 18.3 Å². The van der Waals surface area contributed by atoms with Gasteiger partial charge >= 0.3 is 0 Å². The van der Waals surface area contributed by atoms with Gasteiger partial charge in [-0.15, -0.1) is 0 Å². The Bertz CT molecular complexity index is 524. The number of fused-ring (bicyclic) bond motifs is 3. The molecule has 3 rings (SSSR count). The second kappa shape index (κ2) is 5.46. The van der Waals surface area contributed by atoms with E-state index in [4.69, 9.17) is 4.74 Å². The van der Waals surface area contributed by atoms with E-state index in [2.05, 4.69) is 5.32 Å². The minimum absolute atomic E-state index is 0.0188. The van der Waals surface area contributed by atoms with E-state index in [1.165, 1.54) is 6.07 Å². The van der Waals surface area contributed by atoms with Crippen molar-refractivity contribution in [3.8, 4) is 0 Å². The predicted molar refractivity (Wildman–Crippen MR) is 67.9 cm³/mol. The van der Waals surface area contributed by atoms with Crippen LogP contribution in [0.5, 0.6) is 0 Å². The van der Waals surface area contributed by atoms with Crippen molar-refractivity contribution in [1.82, 2.24) is 10.2 Å². The summed E-state index contributed by atoms with van der Waals surface area (Å²) < 4.78 is 32.4. The first-order chi connectivity index (χ1) is 9.63. The molecule has 1 aromatic rings. The summed E-state index contributed by atoms with van der Waals surface area (Å²) in [4.78, 5) is 13.8. The molecule has 2 aliphatic rings. The Kier molecular flexibility index (Phi) is 3.67. The highest BCUT2D eigenvalue weighted by atomic mass is 19.2. The van der Waals surface area contributed by atoms with Crippen LogP contribution in [-0.2, 0) is 16.1 Å². The first-order valence-electron chi connectivity index (χ1n) is 6.67. The van der Waals surface area contributed by atoms with E-state index in [1.54, 1.807) is 6.07 Å². The Hall–Kier alpha value is -1.53. The van der Waals surface area contributed by atoms with Crippen molar-refractivity contribution in [3.63, 3.8) is 0 Å². The maximum atomic E-state index is 13.7. The number of carbonyl (C=O) groups excluding carboxylic acids is 1. The van der Waals surface area contributed by atoms with E-state index < -0.39 is 11.6 Å². The number of nitrogens with zero attached hydrogens (tertiary/aromatic N) is 1. The van der Waals surface area contributed by atoms with Crippen molar-refractivity contribution in [2.45, 2.75) is 12.6 Å². The van der Waals surface area contributed by atoms with E-state index in [-0.39, 0.29) is 17.9 Å². The first-order valence-corrected chi connectivity index (χ1v) is 6.67. The average molecular weight is 282 g/mol. The third kappa shape index (κ3) is 2.66. The fourth-order valence-corrected chi connectivity index (χ4v) is 2.76. The normalized spacial score (nSPS) is 27.0. The fourth-order valence-electron chi connectivity index (χ4n) is 2.76. The van der Waals surface area contributed by atoms with Gasteiger partial charge in [0.2, 0.25) is 5.91 Å². The molecule has 1 N–H and O–H groups in total. The van der Waals surface area contributed by atoms with Gasteiger partial charge in [-0.3, -0.25) is 9.69 Å². The number of hydrogen-bond donors (Lipinski definition) is 1. The van der Waals surface area contributed by atoms with Crippen LogP contribution in [0.1, 0.15) is 5.56 Å². The maximum absolute atomic E-state index is 13.7. The van der Waals surface area contributed by atoms with Gasteiger partial charge < -0.3 is 10.1 Å². The average Bonchev–Trinajstić information content (AvgIpc) is 2.64. The third-order valence-corrected chi connectivity index (χ3v) is 3.74. The standard InChI is InChI=1S/C14H16F2N2O2/c15-12-3-1-2-9(13(12)16)4-18-5-10-7-20-8-11(6-18)17-14(10)19/h1-3,10-11H,4-8H2,(H,17,19)/t10-,11+/m1/s1. The zero-order valence-electron chi connectivity index (χ0n) is 10.9. The molecule has 6 heteroatoms. The second-order valence-corrected chi connectivity index (χ2v) is 5.35. The smallest absolute Gasteiger partial charge is 0.227 e. The molecular formula is C14H16F2N2O2. The van der Waals surface area contributed by atoms with Crippen molar-refractivity contribution in [2.75, 3.05) is 26.3 Å². The lowest BCUT2D eigenvalue weighted by molar-refractivity contribution is -0.125. The molecule has 0 spiro atoms. The molecule has 0 radical (unpaired) electrons. The van der Waals surface area contributed by atoms with Crippen molar-refractivity contribution >= 4 is 5.91 Å². The zero-order chi connectivity index (χ0) is 14.1. The van der Waals surface area contributed by atoms with Crippen LogP contribution in [0.25, 0.3) is 0 Å². The molecule has 0 aromatic heterocycles. The Balaban J connectivity index is 1.77. The molecule has 1 amide bonds. The van der Waals surface area contributed by atoms with Crippen LogP contribution in [0.15, 0.2) is 18.2 Å². The van der Waals surface area contributed by atoms with Crippen molar-refractivity contribution in [3.05, 3.63) is 35.4 Å². The summed E-state index contributed by atoms with van der Waals surface area (Å²) in [7, 11) is 0. The van der Waals surface area contributed by atoms with E-state index in [9.17, 15) is 13.6 Å². The van der Waals surface area contributed by atoms with Gasteiger partial charge in [0.05, 0.1) is 25.2 Å². The van der Waals surface area contributed by atoms with E-state index in [1.807, 2.05) is 4.90 Å². The number of ether oxygens (including phenoxy) is 1. The molecule has 1 aromatic carbocycles. The summed E-state index contributed by atoms with van der Waals surface area (Å²) in [6.45, 7) is 2.22. The van der Waals surface area contributed by atoms with Gasteiger partial charge in [-0.1, -0.05) is 12.1 Å². The zero-order valence-corrected chi connectivity index (χ0v) is 10.9. The summed E-state index contributed by atoms with van der Waals surface area (Å²) in [5.41, 5.74) is 0.318. The lowest BCUT2D eigenvalue weighted by atomic mass is 10.1. The number of rotatable bonds is 2. The molecule has 0 unspecified atom stereocenters. The highest BCUT2D eigenvalue weighted by Gasteiger charge is 2.33. The Morgan fingerprint density at radius 3 is 3.00 bits per heavy atom. The first kappa shape index (κ1) is 13.5. The molecule has 0 aliphatic carbocycles. The molecular weight excluding hydrogens is 266 g/mol. The second-order valence-electron chi connectivity index (χ2n) is 5.35.